The second-order valence-electron chi connectivity index (χ2n) is 5.15. The number of nitrogens with one attached hydrogen (secondary N) is 1. The van der Waals surface area contributed by atoms with Gasteiger partial charge in [-0.3, -0.25) is 4.79 Å². The van der Waals surface area contributed by atoms with Gasteiger partial charge in [-0.05, 0) is 49.6 Å². The average molecular weight is 313 g/mol. The summed E-state index contributed by atoms with van der Waals surface area (Å²) >= 11 is 7.51. The van der Waals surface area contributed by atoms with Gasteiger partial charge in [0.25, 0.3) is 0 Å². The first-order valence-corrected chi connectivity index (χ1v) is 8.43. The smallest absolute Gasteiger partial charge is 0.221 e. The molecular formula is C15H21ClN2OS. The molecule has 1 aliphatic rings. The molecule has 3 nitrogen and oxygen atoms in total. The number of hydrogen-bond acceptors (Lipinski definition) is 3. The minimum absolute atomic E-state index is 0.136. The lowest BCUT2D eigenvalue weighted by Crippen LogP contribution is -2.39. The zero-order chi connectivity index (χ0) is 14.4. The van der Waals surface area contributed by atoms with Crippen LogP contribution in [-0.4, -0.2) is 24.2 Å². The highest BCUT2D eigenvalue weighted by Gasteiger charge is 2.26. The lowest BCUT2D eigenvalue weighted by molar-refractivity contribution is -0.121. The highest BCUT2D eigenvalue weighted by atomic mass is 35.5. The van der Waals surface area contributed by atoms with E-state index in [4.69, 9.17) is 17.3 Å². The molecule has 0 heterocycles. The molecule has 1 amide bonds. The van der Waals surface area contributed by atoms with E-state index in [0.29, 0.717) is 18.9 Å². The van der Waals surface area contributed by atoms with Crippen molar-refractivity contribution in [3.63, 3.8) is 0 Å². The highest BCUT2D eigenvalue weighted by Crippen LogP contribution is 2.25. The monoisotopic (exact) mass is 312 g/mol. The standard InChI is InChI=1S/C15H21ClN2OS/c16-12-4-6-13(7-5-12)20-9-8-15(19)18-14-3-1-2-11(14)10-17/h4-7,11,14H,1-3,8-10,17H2,(H,18,19). The molecule has 0 radical (unpaired) electrons. The maximum absolute atomic E-state index is 11.9. The second kappa shape index (κ2) is 7.91. The lowest BCUT2D eigenvalue weighted by Gasteiger charge is -2.19. The first kappa shape index (κ1) is 15.7. The Hall–Kier alpha value is -0.710. The van der Waals surface area contributed by atoms with Crippen LogP contribution in [0.2, 0.25) is 5.02 Å². The van der Waals surface area contributed by atoms with Gasteiger partial charge in [-0.2, -0.15) is 0 Å². The van der Waals surface area contributed by atoms with Crippen LogP contribution >= 0.6 is 23.4 Å². The molecule has 110 valence electrons. The number of amides is 1. The van der Waals surface area contributed by atoms with Gasteiger partial charge in [-0.25, -0.2) is 0 Å². The Bertz CT molecular complexity index is 438. The Morgan fingerprint density at radius 2 is 2.10 bits per heavy atom. The molecule has 1 saturated carbocycles. The van der Waals surface area contributed by atoms with Crippen molar-refractivity contribution in [1.82, 2.24) is 5.32 Å². The number of thioether (sulfide) groups is 1. The summed E-state index contributed by atoms with van der Waals surface area (Å²) in [7, 11) is 0. The minimum atomic E-state index is 0.136. The van der Waals surface area contributed by atoms with Gasteiger partial charge in [0.05, 0.1) is 0 Å². The summed E-state index contributed by atoms with van der Waals surface area (Å²) in [4.78, 5) is 13.1. The van der Waals surface area contributed by atoms with Crippen LogP contribution < -0.4 is 11.1 Å². The minimum Gasteiger partial charge on any atom is -0.353 e. The third-order valence-corrected chi connectivity index (χ3v) is 4.99. The van der Waals surface area contributed by atoms with Gasteiger partial charge in [0.15, 0.2) is 0 Å². The van der Waals surface area contributed by atoms with Crippen molar-refractivity contribution in [3.8, 4) is 0 Å². The van der Waals surface area contributed by atoms with E-state index in [0.717, 1.165) is 28.5 Å². The maximum atomic E-state index is 11.9. The number of benzene rings is 1. The highest BCUT2D eigenvalue weighted by molar-refractivity contribution is 7.99. The summed E-state index contributed by atoms with van der Waals surface area (Å²) in [6.07, 6.45) is 3.92. The van der Waals surface area contributed by atoms with Crippen molar-refractivity contribution < 1.29 is 4.79 Å². The topological polar surface area (TPSA) is 55.1 Å². The summed E-state index contributed by atoms with van der Waals surface area (Å²) < 4.78 is 0. The van der Waals surface area contributed by atoms with Gasteiger partial charge in [0.2, 0.25) is 5.91 Å². The summed E-state index contributed by atoms with van der Waals surface area (Å²) in [6.45, 7) is 0.671. The molecule has 5 heteroatoms. The van der Waals surface area contributed by atoms with Crippen LogP contribution in [0.15, 0.2) is 29.2 Å². The molecule has 0 aromatic heterocycles. The number of rotatable bonds is 6. The van der Waals surface area contributed by atoms with Crippen LogP contribution in [-0.2, 0) is 4.79 Å². The SMILES string of the molecule is NCC1CCCC1NC(=O)CCSc1ccc(Cl)cc1. The van der Waals surface area contributed by atoms with Crippen molar-refractivity contribution in [3.05, 3.63) is 29.3 Å². The maximum Gasteiger partial charge on any atom is 0.221 e. The van der Waals surface area contributed by atoms with E-state index < -0.39 is 0 Å². The van der Waals surface area contributed by atoms with Crippen LogP contribution in [0.5, 0.6) is 0 Å². The number of nitrogens with two attached hydrogens (primary N) is 1. The number of carbonyl (C=O) groups excluding carboxylic acids is 1. The first-order valence-electron chi connectivity index (χ1n) is 7.07. The van der Waals surface area contributed by atoms with Crippen molar-refractivity contribution in [1.29, 1.82) is 0 Å². The third kappa shape index (κ3) is 4.69. The normalized spacial score (nSPS) is 21.9. The van der Waals surface area contributed by atoms with Crippen LogP contribution in [0.25, 0.3) is 0 Å². The fourth-order valence-corrected chi connectivity index (χ4v) is 3.56. The Morgan fingerprint density at radius 3 is 2.80 bits per heavy atom. The number of carbonyl (C=O) groups is 1. The van der Waals surface area contributed by atoms with Gasteiger partial charge in [-0.15, -0.1) is 11.8 Å². The fourth-order valence-electron chi connectivity index (χ4n) is 2.58. The Kier molecular flexibility index (Phi) is 6.20. The van der Waals surface area contributed by atoms with Gasteiger partial charge >= 0.3 is 0 Å². The zero-order valence-electron chi connectivity index (χ0n) is 11.5. The quantitative estimate of drug-likeness (QED) is 0.794. The second-order valence-corrected chi connectivity index (χ2v) is 6.76. The van der Waals surface area contributed by atoms with Crippen molar-refractivity contribution in [2.75, 3.05) is 12.3 Å². The molecule has 2 rings (SSSR count). The summed E-state index contributed by atoms with van der Waals surface area (Å²) in [5, 5.41) is 3.86. The summed E-state index contributed by atoms with van der Waals surface area (Å²) in [5.41, 5.74) is 5.72. The van der Waals surface area contributed by atoms with E-state index in [2.05, 4.69) is 5.32 Å². The van der Waals surface area contributed by atoms with Gasteiger partial charge in [0, 0.05) is 28.1 Å². The number of halogens is 1. The molecule has 0 aliphatic heterocycles. The van der Waals surface area contributed by atoms with Crippen LogP contribution in [0.4, 0.5) is 0 Å². The van der Waals surface area contributed by atoms with Crippen molar-refractivity contribution in [2.45, 2.75) is 36.6 Å². The molecule has 1 aromatic rings. The van der Waals surface area contributed by atoms with Gasteiger partial charge < -0.3 is 11.1 Å². The third-order valence-electron chi connectivity index (χ3n) is 3.72. The number of hydrogen-bond donors (Lipinski definition) is 2. The molecule has 2 unspecified atom stereocenters. The summed E-state index contributed by atoms with van der Waals surface area (Å²) in [5.74, 6) is 1.38. The fraction of sp³-hybridized carbons (Fsp3) is 0.533. The van der Waals surface area contributed by atoms with Crippen LogP contribution in [0.3, 0.4) is 0 Å². The van der Waals surface area contributed by atoms with Crippen LogP contribution in [0.1, 0.15) is 25.7 Å². The molecule has 0 saturated heterocycles. The van der Waals surface area contributed by atoms with Crippen LogP contribution in [0, 0.1) is 5.92 Å². The first-order chi connectivity index (χ1) is 9.69. The predicted octanol–water partition coefficient (Wildman–Crippen LogP) is 3.07. The van der Waals surface area contributed by atoms with E-state index in [-0.39, 0.29) is 11.9 Å². The Morgan fingerprint density at radius 1 is 1.35 bits per heavy atom. The molecular weight excluding hydrogens is 292 g/mol. The van der Waals surface area contributed by atoms with E-state index in [1.165, 1.54) is 6.42 Å². The van der Waals surface area contributed by atoms with Crippen molar-refractivity contribution in [2.24, 2.45) is 11.7 Å². The molecule has 1 fully saturated rings. The molecule has 0 spiro atoms. The molecule has 2 atom stereocenters. The van der Waals surface area contributed by atoms with E-state index in [1.807, 2.05) is 24.3 Å². The average Bonchev–Trinajstić information content (AvgIpc) is 2.88. The summed E-state index contributed by atoms with van der Waals surface area (Å²) in [6, 6.07) is 7.98. The molecule has 3 N–H and O–H groups in total. The van der Waals surface area contributed by atoms with E-state index in [9.17, 15) is 4.79 Å². The van der Waals surface area contributed by atoms with E-state index in [1.54, 1.807) is 11.8 Å². The molecule has 1 aliphatic carbocycles. The van der Waals surface area contributed by atoms with Gasteiger partial charge in [0.1, 0.15) is 0 Å². The zero-order valence-corrected chi connectivity index (χ0v) is 13.1. The largest absolute Gasteiger partial charge is 0.353 e. The molecule has 1 aromatic carbocycles. The lowest BCUT2D eigenvalue weighted by atomic mass is 10.0. The molecule has 20 heavy (non-hydrogen) atoms. The predicted molar refractivity (Wildman–Crippen MR) is 85.1 cm³/mol. The van der Waals surface area contributed by atoms with E-state index >= 15 is 0 Å². The van der Waals surface area contributed by atoms with Gasteiger partial charge in [-0.1, -0.05) is 18.0 Å². The molecule has 0 bridgehead atoms. The Balaban J connectivity index is 1.68. The van der Waals surface area contributed by atoms with Crippen molar-refractivity contribution >= 4 is 29.3 Å². The Labute approximate surface area is 129 Å².